The van der Waals surface area contributed by atoms with Crippen molar-refractivity contribution in [1.82, 2.24) is 9.03 Å². The van der Waals surface area contributed by atoms with Gasteiger partial charge in [0, 0.05) is 13.1 Å². The molecule has 0 spiro atoms. The van der Waals surface area contributed by atoms with Gasteiger partial charge in [0.05, 0.1) is 4.55 Å². The van der Waals surface area contributed by atoms with Gasteiger partial charge in [-0.25, -0.2) is 0 Å². The lowest BCUT2D eigenvalue weighted by atomic mass is 10.4. The van der Waals surface area contributed by atoms with Gasteiger partial charge >= 0.3 is 0 Å². The first-order valence-electron chi connectivity index (χ1n) is 3.19. The molecule has 0 saturated carbocycles. The molecule has 0 radical (unpaired) electrons. The summed E-state index contributed by atoms with van der Waals surface area (Å²) < 4.78 is 26.5. The van der Waals surface area contributed by atoms with Crippen LogP contribution in [0.25, 0.3) is 0 Å². The van der Waals surface area contributed by atoms with E-state index in [0.717, 1.165) is 0 Å². The molecule has 6 heteroatoms. The summed E-state index contributed by atoms with van der Waals surface area (Å²) in [6.45, 7) is 3.58. The molecule has 0 heterocycles. The lowest BCUT2D eigenvalue weighted by molar-refractivity contribution is 0.493. The summed E-state index contributed by atoms with van der Waals surface area (Å²) in [7, 11) is -1.69. The second-order valence-corrected chi connectivity index (χ2v) is 4.99. The highest BCUT2D eigenvalue weighted by molar-refractivity contribution is 14.1. The van der Waals surface area contributed by atoms with E-state index in [0.29, 0.717) is 4.55 Å². The monoisotopic (exact) mass is 292 g/mol. The largest absolute Gasteiger partial charge is 0.280 e. The van der Waals surface area contributed by atoms with Crippen molar-refractivity contribution in [3.05, 3.63) is 0 Å². The van der Waals surface area contributed by atoms with Crippen LogP contribution in [-0.4, -0.2) is 30.4 Å². The number of nitrogens with zero attached hydrogens (tertiary/aromatic N) is 1. The minimum atomic E-state index is -3.23. The number of hydrogen-bond donors (Lipinski definition) is 1. The van der Waals surface area contributed by atoms with Gasteiger partial charge in [-0.05, 0) is 13.8 Å². The summed E-state index contributed by atoms with van der Waals surface area (Å²) in [6, 6.07) is -0.0506. The average molecular weight is 292 g/mol. The van der Waals surface area contributed by atoms with Gasteiger partial charge in [-0.15, -0.1) is 0 Å². The van der Waals surface area contributed by atoms with Gasteiger partial charge < -0.3 is 0 Å². The van der Waals surface area contributed by atoms with E-state index in [1.807, 2.05) is 22.6 Å². The Hall–Kier alpha value is 0.600. The number of rotatable bonds is 4. The minimum absolute atomic E-state index is 0.0506. The lowest BCUT2D eigenvalue weighted by Gasteiger charge is -2.16. The van der Waals surface area contributed by atoms with Crippen molar-refractivity contribution in [3.8, 4) is 0 Å². The van der Waals surface area contributed by atoms with E-state index in [9.17, 15) is 8.42 Å². The predicted molar refractivity (Wildman–Crippen MR) is 53.8 cm³/mol. The molecule has 0 rings (SSSR count). The third-order valence-electron chi connectivity index (χ3n) is 0.963. The normalized spacial score (nSPS) is 12.9. The van der Waals surface area contributed by atoms with Crippen LogP contribution >= 0.6 is 22.6 Å². The zero-order valence-corrected chi connectivity index (χ0v) is 9.81. The highest BCUT2D eigenvalue weighted by Gasteiger charge is 2.16. The van der Waals surface area contributed by atoms with Gasteiger partial charge in [-0.1, -0.05) is 22.6 Å². The summed E-state index contributed by atoms with van der Waals surface area (Å²) in [5, 5.41) is 0. The molecule has 0 aliphatic carbocycles. The highest BCUT2D eigenvalue weighted by atomic mass is 127. The van der Waals surface area contributed by atoms with Crippen molar-refractivity contribution in [1.29, 1.82) is 0 Å². The van der Waals surface area contributed by atoms with Gasteiger partial charge in [0.1, 0.15) is 0 Å². The number of alkyl halides is 1. The number of hydrogen-bond acceptors (Lipinski definition) is 2. The Labute approximate surface area is 81.7 Å². The van der Waals surface area contributed by atoms with Crippen LogP contribution < -0.4 is 4.72 Å². The van der Waals surface area contributed by atoms with Gasteiger partial charge in [0.25, 0.3) is 10.2 Å². The maximum Gasteiger partial charge on any atom is 0.280 e. The smallest absolute Gasteiger partial charge is 0.200 e. The first kappa shape index (κ1) is 11.6. The Kier molecular flexibility index (Phi) is 4.83. The first-order valence-corrected chi connectivity index (χ1v) is 6.16. The van der Waals surface area contributed by atoms with Crippen LogP contribution in [0, 0.1) is 0 Å². The highest BCUT2D eigenvalue weighted by Crippen LogP contribution is 1.98. The second-order valence-electron chi connectivity index (χ2n) is 2.50. The molecular weight excluding hydrogens is 279 g/mol. The molecule has 0 atom stereocenters. The van der Waals surface area contributed by atoms with Crippen molar-refractivity contribution >= 4 is 32.8 Å². The standard InChI is InChI=1S/C5H13IN2O2S/c1-5(2)7-11(9,10)8(3)4-6/h5,7H,4H2,1-3H3. The van der Waals surface area contributed by atoms with E-state index < -0.39 is 10.2 Å². The molecule has 0 fully saturated rings. The van der Waals surface area contributed by atoms with Crippen molar-refractivity contribution in [3.63, 3.8) is 0 Å². The molecule has 0 unspecified atom stereocenters. The first-order chi connectivity index (χ1) is 4.90. The van der Waals surface area contributed by atoms with E-state index >= 15 is 0 Å². The molecule has 68 valence electrons. The van der Waals surface area contributed by atoms with Crippen LogP contribution in [0.2, 0.25) is 0 Å². The van der Waals surface area contributed by atoms with Crippen LogP contribution in [0.15, 0.2) is 0 Å². The Morgan fingerprint density at radius 1 is 1.55 bits per heavy atom. The van der Waals surface area contributed by atoms with E-state index in [-0.39, 0.29) is 6.04 Å². The van der Waals surface area contributed by atoms with Crippen molar-refractivity contribution in [2.24, 2.45) is 0 Å². The fraction of sp³-hybridized carbons (Fsp3) is 1.00. The topological polar surface area (TPSA) is 49.4 Å². The zero-order valence-electron chi connectivity index (χ0n) is 6.83. The zero-order chi connectivity index (χ0) is 9.07. The Bertz CT molecular complexity index is 203. The predicted octanol–water partition coefficient (Wildman–Crippen LogP) is 0.554. The summed E-state index contributed by atoms with van der Waals surface area (Å²) in [5.41, 5.74) is 0. The van der Waals surface area contributed by atoms with Crippen LogP contribution in [0.3, 0.4) is 0 Å². The van der Waals surface area contributed by atoms with Gasteiger partial charge in [-0.3, -0.25) is 0 Å². The molecule has 0 amide bonds. The van der Waals surface area contributed by atoms with Crippen molar-refractivity contribution in [2.75, 3.05) is 11.6 Å². The average Bonchev–Trinajstić information content (AvgIpc) is 1.83. The molecule has 11 heavy (non-hydrogen) atoms. The Morgan fingerprint density at radius 2 is 2.00 bits per heavy atom. The number of nitrogens with one attached hydrogen (secondary N) is 1. The van der Waals surface area contributed by atoms with Crippen LogP contribution in [0.4, 0.5) is 0 Å². The minimum Gasteiger partial charge on any atom is -0.200 e. The molecule has 0 bridgehead atoms. The molecule has 0 aromatic carbocycles. The maximum absolute atomic E-state index is 11.2. The van der Waals surface area contributed by atoms with Gasteiger partial charge in [0.2, 0.25) is 0 Å². The quantitative estimate of drug-likeness (QED) is 0.467. The van der Waals surface area contributed by atoms with Crippen LogP contribution in [0.1, 0.15) is 13.8 Å². The fourth-order valence-corrected chi connectivity index (χ4v) is 2.46. The lowest BCUT2D eigenvalue weighted by Crippen LogP contribution is -2.40. The van der Waals surface area contributed by atoms with Crippen molar-refractivity contribution < 1.29 is 8.42 Å². The van der Waals surface area contributed by atoms with E-state index in [1.165, 1.54) is 11.4 Å². The van der Waals surface area contributed by atoms with Gasteiger partial charge in [0.15, 0.2) is 0 Å². The van der Waals surface area contributed by atoms with E-state index in [4.69, 9.17) is 0 Å². The molecule has 0 aromatic heterocycles. The molecule has 0 aliphatic rings. The SMILES string of the molecule is CC(C)NS(=O)(=O)N(C)CI. The Balaban J connectivity index is 4.23. The Morgan fingerprint density at radius 3 is 2.27 bits per heavy atom. The molecule has 0 aliphatic heterocycles. The third-order valence-corrected chi connectivity index (χ3v) is 4.17. The second kappa shape index (κ2) is 4.58. The molecular formula is C5H13IN2O2S. The maximum atomic E-state index is 11.2. The van der Waals surface area contributed by atoms with Gasteiger partial charge in [-0.2, -0.15) is 17.4 Å². The molecule has 1 N–H and O–H groups in total. The molecule has 4 nitrogen and oxygen atoms in total. The summed E-state index contributed by atoms with van der Waals surface area (Å²) >= 11 is 1.99. The van der Waals surface area contributed by atoms with Crippen molar-refractivity contribution in [2.45, 2.75) is 19.9 Å². The molecule has 0 aromatic rings. The van der Waals surface area contributed by atoms with Crippen LogP contribution in [-0.2, 0) is 10.2 Å². The summed E-state index contributed by atoms with van der Waals surface area (Å²) in [6.07, 6.45) is 0. The van der Waals surface area contributed by atoms with E-state index in [1.54, 1.807) is 13.8 Å². The van der Waals surface area contributed by atoms with Crippen LogP contribution in [0.5, 0.6) is 0 Å². The van der Waals surface area contributed by atoms with E-state index in [2.05, 4.69) is 4.72 Å². The summed E-state index contributed by atoms with van der Waals surface area (Å²) in [4.78, 5) is 0. The molecule has 0 saturated heterocycles. The third kappa shape index (κ3) is 4.24. The fourth-order valence-electron chi connectivity index (χ4n) is 0.452. The number of halogens is 1. The summed E-state index contributed by atoms with van der Waals surface area (Å²) in [5.74, 6) is 0.